The lowest BCUT2D eigenvalue weighted by Gasteiger charge is -2.34. The van der Waals surface area contributed by atoms with Gasteiger partial charge in [-0.25, -0.2) is 0 Å². The van der Waals surface area contributed by atoms with Gasteiger partial charge in [-0.2, -0.15) is 0 Å². The molecule has 2 aromatic carbocycles. The minimum absolute atomic E-state index is 0.357. The second kappa shape index (κ2) is 6.74. The Morgan fingerprint density at radius 1 is 0.714 bits per heavy atom. The van der Waals surface area contributed by atoms with Crippen molar-refractivity contribution in [1.29, 1.82) is 0 Å². The van der Waals surface area contributed by atoms with E-state index in [2.05, 4.69) is 46.2 Å². The van der Waals surface area contributed by atoms with Crippen LogP contribution in [0, 0.1) is 0 Å². The van der Waals surface area contributed by atoms with E-state index in [9.17, 15) is 5.11 Å². The smallest absolute Gasteiger partial charge is 0.115 e. The molecule has 0 amide bonds. The first-order valence-electron chi connectivity index (χ1n) is 7.56. The average Bonchev–Trinajstić information content (AvgIpc) is 2.50. The van der Waals surface area contributed by atoms with Gasteiger partial charge in [0, 0.05) is 39.3 Å². The quantitative estimate of drug-likeness (QED) is 0.934. The number of aromatic hydroxyl groups is 1. The fraction of sp³-hybridized carbons (Fsp3) is 0.333. The van der Waals surface area contributed by atoms with Crippen LogP contribution in [0.5, 0.6) is 5.75 Å². The highest BCUT2D eigenvalue weighted by Gasteiger charge is 2.17. The van der Waals surface area contributed by atoms with Crippen LogP contribution < -0.4 is 0 Å². The van der Waals surface area contributed by atoms with E-state index in [1.54, 1.807) is 6.07 Å². The summed E-state index contributed by atoms with van der Waals surface area (Å²) >= 11 is 0. The van der Waals surface area contributed by atoms with Gasteiger partial charge >= 0.3 is 0 Å². The summed E-state index contributed by atoms with van der Waals surface area (Å²) in [4.78, 5) is 4.96. The van der Waals surface area contributed by atoms with E-state index in [0.717, 1.165) is 39.3 Å². The monoisotopic (exact) mass is 282 g/mol. The number of hydrogen-bond donors (Lipinski definition) is 1. The fourth-order valence-corrected chi connectivity index (χ4v) is 2.86. The van der Waals surface area contributed by atoms with E-state index >= 15 is 0 Å². The largest absolute Gasteiger partial charge is 0.508 e. The van der Waals surface area contributed by atoms with Gasteiger partial charge in [0.15, 0.2) is 0 Å². The number of benzene rings is 2. The van der Waals surface area contributed by atoms with Crippen LogP contribution in [0.2, 0.25) is 0 Å². The second-order valence-electron chi connectivity index (χ2n) is 5.71. The zero-order chi connectivity index (χ0) is 14.5. The number of piperazine rings is 1. The van der Waals surface area contributed by atoms with Crippen LogP contribution in [0.25, 0.3) is 0 Å². The van der Waals surface area contributed by atoms with Gasteiger partial charge in [-0.05, 0) is 23.3 Å². The molecule has 1 saturated heterocycles. The highest BCUT2D eigenvalue weighted by atomic mass is 16.3. The van der Waals surface area contributed by atoms with Gasteiger partial charge in [-0.1, -0.05) is 42.5 Å². The molecule has 0 bridgehead atoms. The number of phenols is 1. The Kier molecular flexibility index (Phi) is 4.53. The van der Waals surface area contributed by atoms with Crippen molar-refractivity contribution in [2.75, 3.05) is 26.2 Å². The predicted molar refractivity (Wildman–Crippen MR) is 85.1 cm³/mol. The van der Waals surface area contributed by atoms with Gasteiger partial charge in [0.05, 0.1) is 0 Å². The summed E-state index contributed by atoms with van der Waals surface area (Å²) in [5, 5.41) is 9.52. The number of rotatable bonds is 4. The van der Waals surface area contributed by atoms with Gasteiger partial charge in [0.25, 0.3) is 0 Å². The Bertz CT molecular complexity index is 562. The molecule has 21 heavy (non-hydrogen) atoms. The molecule has 0 radical (unpaired) electrons. The fourth-order valence-electron chi connectivity index (χ4n) is 2.86. The van der Waals surface area contributed by atoms with Crippen LogP contribution in [0.3, 0.4) is 0 Å². The van der Waals surface area contributed by atoms with Gasteiger partial charge < -0.3 is 5.11 Å². The van der Waals surface area contributed by atoms with Gasteiger partial charge in [0.2, 0.25) is 0 Å². The van der Waals surface area contributed by atoms with Crippen molar-refractivity contribution >= 4 is 0 Å². The second-order valence-corrected chi connectivity index (χ2v) is 5.71. The van der Waals surface area contributed by atoms with E-state index in [1.165, 1.54) is 11.1 Å². The van der Waals surface area contributed by atoms with Crippen molar-refractivity contribution in [3.05, 3.63) is 65.7 Å². The minimum atomic E-state index is 0.357. The van der Waals surface area contributed by atoms with E-state index in [0.29, 0.717) is 5.75 Å². The van der Waals surface area contributed by atoms with E-state index < -0.39 is 0 Å². The van der Waals surface area contributed by atoms with Gasteiger partial charge in [0.1, 0.15) is 5.75 Å². The van der Waals surface area contributed by atoms with Crippen molar-refractivity contribution in [1.82, 2.24) is 9.80 Å². The molecular weight excluding hydrogens is 260 g/mol. The summed E-state index contributed by atoms with van der Waals surface area (Å²) in [6, 6.07) is 18.2. The lowest BCUT2D eigenvalue weighted by Crippen LogP contribution is -2.45. The van der Waals surface area contributed by atoms with Gasteiger partial charge in [-0.3, -0.25) is 9.80 Å². The maximum absolute atomic E-state index is 9.52. The number of hydrogen-bond acceptors (Lipinski definition) is 3. The van der Waals surface area contributed by atoms with Crippen LogP contribution in [-0.2, 0) is 13.1 Å². The number of phenolic OH excluding ortho intramolecular Hbond substituents is 1. The van der Waals surface area contributed by atoms with E-state index in [1.807, 2.05) is 12.1 Å². The molecule has 2 aromatic rings. The topological polar surface area (TPSA) is 26.7 Å². The lowest BCUT2D eigenvalue weighted by molar-refractivity contribution is 0.122. The molecule has 1 heterocycles. The predicted octanol–water partition coefficient (Wildman–Crippen LogP) is 2.71. The van der Waals surface area contributed by atoms with Crippen LogP contribution in [0.15, 0.2) is 54.6 Å². The molecule has 1 aliphatic heterocycles. The van der Waals surface area contributed by atoms with E-state index in [-0.39, 0.29) is 0 Å². The minimum Gasteiger partial charge on any atom is -0.508 e. The number of nitrogens with zero attached hydrogens (tertiary/aromatic N) is 2. The first-order chi connectivity index (χ1) is 10.3. The molecule has 110 valence electrons. The third-order valence-corrected chi connectivity index (χ3v) is 4.03. The van der Waals surface area contributed by atoms with Crippen molar-refractivity contribution in [2.45, 2.75) is 13.1 Å². The normalized spacial score (nSPS) is 17.0. The van der Waals surface area contributed by atoms with Gasteiger partial charge in [-0.15, -0.1) is 0 Å². The maximum Gasteiger partial charge on any atom is 0.115 e. The van der Waals surface area contributed by atoms with E-state index in [4.69, 9.17) is 0 Å². The SMILES string of the molecule is Oc1cccc(CN2CCN(Cc3ccccc3)CC2)c1. The Morgan fingerprint density at radius 3 is 1.90 bits per heavy atom. The molecule has 3 nitrogen and oxygen atoms in total. The molecule has 3 heteroatoms. The molecule has 0 atom stereocenters. The first-order valence-corrected chi connectivity index (χ1v) is 7.56. The average molecular weight is 282 g/mol. The third-order valence-electron chi connectivity index (χ3n) is 4.03. The summed E-state index contributed by atoms with van der Waals surface area (Å²) in [5.74, 6) is 0.357. The standard InChI is InChI=1S/C18H22N2O/c21-18-8-4-7-17(13-18)15-20-11-9-19(10-12-20)14-16-5-2-1-3-6-16/h1-8,13,21H,9-12,14-15H2. The van der Waals surface area contributed by atoms with Crippen LogP contribution in [0.1, 0.15) is 11.1 Å². The molecule has 3 rings (SSSR count). The molecular formula is C18H22N2O. The summed E-state index contributed by atoms with van der Waals surface area (Å²) in [6.07, 6.45) is 0. The Balaban J connectivity index is 1.49. The summed E-state index contributed by atoms with van der Waals surface area (Å²) in [7, 11) is 0. The maximum atomic E-state index is 9.52. The molecule has 1 aliphatic rings. The Labute approximate surface area is 126 Å². The summed E-state index contributed by atoms with van der Waals surface area (Å²) < 4.78 is 0. The highest BCUT2D eigenvalue weighted by molar-refractivity contribution is 5.27. The van der Waals surface area contributed by atoms with Crippen molar-refractivity contribution in [3.8, 4) is 5.75 Å². The van der Waals surface area contributed by atoms with Crippen LogP contribution >= 0.6 is 0 Å². The lowest BCUT2D eigenvalue weighted by atomic mass is 10.1. The molecule has 0 spiro atoms. The zero-order valence-corrected chi connectivity index (χ0v) is 12.3. The highest BCUT2D eigenvalue weighted by Crippen LogP contribution is 2.15. The summed E-state index contributed by atoms with van der Waals surface area (Å²) in [6.45, 7) is 6.35. The molecule has 0 aliphatic carbocycles. The molecule has 0 unspecified atom stereocenters. The Morgan fingerprint density at radius 2 is 1.29 bits per heavy atom. The first kappa shape index (κ1) is 14.1. The third kappa shape index (κ3) is 4.06. The summed E-state index contributed by atoms with van der Waals surface area (Å²) in [5.41, 5.74) is 2.57. The molecule has 0 aromatic heterocycles. The van der Waals surface area contributed by atoms with Crippen LogP contribution in [0.4, 0.5) is 0 Å². The zero-order valence-electron chi connectivity index (χ0n) is 12.3. The van der Waals surface area contributed by atoms with Crippen molar-refractivity contribution < 1.29 is 5.11 Å². The van der Waals surface area contributed by atoms with Crippen LogP contribution in [-0.4, -0.2) is 41.1 Å². The van der Waals surface area contributed by atoms with Crippen molar-refractivity contribution in [3.63, 3.8) is 0 Å². The molecule has 0 saturated carbocycles. The van der Waals surface area contributed by atoms with Crippen molar-refractivity contribution in [2.24, 2.45) is 0 Å². The molecule has 1 N–H and O–H groups in total. The Hall–Kier alpha value is -1.84. The molecule has 1 fully saturated rings.